The fraction of sp³-hybridized carbons (Fsp3) is 0.395. The summed E-state index contributed by atoms with van der Waals surface area (Å²) in [5.74, 6) is -11.6. The third kappa shape index (κ3) is 8.94. The fourth-order valence-corrected chi connectivity index (χ4v) is 7.82. The van der Waals surface area contributed by atoms with Crippen LogP contribution in [0.2, 0.25) is 0 Å². The van der Waals surface area contributed by atoms with Crippen LogP contribution in [0.1, 0.15) is 76.7 Å². The van der Waals surface area contributed by atoms with Crippen LogP contribution in [-0.2, 0) is 37.3 Å². The van der Waals surface area contributed by atoms with E-state index >= 15 is 22.0 Å². The first-order chi connectivity index (χ1) is 28.5. The van der Waals surface area contributed by atoms with Crippen LogP contribution in [0.5, 0.6) is 0 Å². The number of piperazine rings is 1. The molecule has 2 saturated heterocycles. The van der Waals surface area contributed by atoms with Crippen LogP contribution in [0, 0.1) is 29.1 Å². The second-order valence-electron chi connectivity index (χ2n) is 15.0. The summed E-state index contributed by atoms with van der Waals surface area (Å²) in [4.78, 5) is 33.9. The predicted octanol–water partition coefficient (Wildman–Crippen LogP) is 6.62. The summed E-state index contributed by atoms with van der Waals surface area (Å²) in [6.07, 6.45) is 3.50. The Morgan fingerprint density at radius 3 is 2.32 bits per heavy atom. The Kier molecular flexibility index (Phi) is 12.9. The van der Waals surface area contributed by atoms with Crippen molar-refractivity contribution in [3.05, 3.63) is 111 Å². The molecule has 5 aromatic rings. The molecule has 0 bridgehead atoms. The molecule has 0 aliphatic carbocycles. The minimum absolute atomic E-state index is 0.0184. The van der Waals surface area contributed by atoms with Crippen LogP contribution in [0.15, 0.2) is 48.7 Å². The summed E-state index contributed by atoms with van der Waals surface area (Å²) in [5, 5.41) is 16.8. The summed E-state index contributed by atoms with van der Waals surface area (Å²) in [6, 6.07) is 11.9. The molecule has 0 radical (unpaired) electrons. The highest BCUT2D eigenvalue weighted by Crippen LogP contribution is 2.32. The van der Waals surface area contributed by atoms with E-state index in [9.17, 15) is 9.59 Å². The number of amides is 2. The molecular weight excluding hydrogens is 772 g/mol. The van der Waals surface area contributed by atoms with Gasteiger partial charge in [-0.05, 0) is 68.0 Å². The Labute approximate surface area is 338 Å². The number of aryl methyl sites for hydroxylation is 2. The molecule has 1 atom stereocenters. The number of anilines is 1. The summed E-state index contributed by atoms with van der Waals surface area (Å²) < 4.78 is 83.9. The minimum atomic E-state index is -2.19. The molecule has 4 heterocycles. The van der Waals surface area contributed by atoms with Gasteiger partial charge in [-0.1, -0.05) is 31.2 Å². The second-order valence-corrected chi connectivity index (χ2v) is 15.0. The minimum Gasteiger partial charge on any atom is -0.381 e. The molecular formula is C43H47F5N8O3. The van der Waals surface area contributed by atoms with Gasteiger partial charge in [0.1, 0.15) is 16.9 Å². The number of halogens is 5. The highest BCUT2D eigenvalue weighted by atomic mass is 19.2. The van der Waals surface area contributed by atoms with Gasteiger partial charge >= 0.3 is 0 Å². The van der Waals surface area contributed by atoms with Gasteiger partial charge in [-0.2, -0.15) is 5.10 Å². The van der Waals surface area contributed by atoms with Crippen LogP contribution in [0.4, 0.5) is 27.6 Å². The van der Waals surface area contributed by atoms with Crippen molar-refractivity contribution >= 4 is 28.5 Å². The fourth-order valence-electron chi connectivity index (χ4n) is 7.82. The zero-order valence-corrected chi connectivity index (χ0v) is 33.2. The third-order valence-electron chi connectivity index (χ3n) is 10.9. The highest BCUT2D eigenvalue weighted by Gasteiger charge is 2.33. The van der Waals surface area contributed by atoms with E-state index in [1.54, 1.807) is 16.9 Å². The molecule has 59 heavy (non-hydrogen) atoms. The average Bonchev–Trinajstić information content (AvgIpc) is 3.65. The molecule has 0 spiro atoms. The first-order valence-electron chi connectivity index (χ1n) is 19.9. The first kappa shape index (κ1) is 41.7. The van der Waals surface area contributed by atoms with Crippen molar-refractivity contribution in [3.63, 3.8) is 0 Å². The lowest BCUT2D eigenvalue weighted by Gasteiger charge is -2.31. The van der Waals surface area contributed by atoms with Crippen molar-refractivity contribution in [3.8, 4) is 11.1 Å². The van der Waals surface area contributed by atoms with Crippen molar-refractivity contribution < 1.29 is 36.3 Å². The van der Waals surface area contributed by atoms with Gasteiger partial charge in [0.2, 0.25) is 0 Å². The van der Waals surface area contributed by atoms with Gasteiger partial charge in [0.05, 0.1) is 17.3 Å². The maximum atomic E-state index is 16.0. The van der Waals surface area contributed by atoms with Gasteiger partial charge in [0, 0.05) is 87.9 Å². The summed E-state index contributed by atoms with van der Waals surface area (Å²) in [5.41, 5.74) is 1.60. The lowest BCUT2D eigenvalue weighted by molar-refractivity contribution is 0.0904. The number of rotatable bonds is 13. The molecule has 2 aliphatic rings. The molecule has 2 aliphatic heterocycles. The monoisotopic (exact) mass is 818 g/mol. The molecule has 3 aromatic carbocycles. The normalized spacial score (nSPS) is 16.4. The molecule has 2 amide bonds. The van der Waals surface area contributed by atoms with Gasteiger partial charge in [-0.15, -0.1) is 0 Å². The number of nitrogens with zero attached hydrogens (tertiary/aromatic N) is 4. The van der Waals surface area contributed by atoms with Crippen LogP contribution in [-0.4, -0.2) is 76.4 Å². The predicted molar refractivity (Wildman–Crippen MR) is 213 cm³/mol. The molecule has 11 nitrogen and oxygen atoms in total. The Hall–Kier alpha value is -5.45. The quantitative estimate of drug-likeness (QED) is 0.0594. The lowest BCUT2D eigenvalue weighted by Crippen LogP contribution is -2.48. The second kappa shape index (κ2) is 18.2. The van der Waals surface area contributed by atoms with E-state index in [2.05, 4.69) is 38.2 Å². The largest absolute Gasteiger partial charge is 0.381 e. The van der Waals surface area contributed by atoms with Crippen molar-refractivity contribution in [2.24, 2.45) is 0 Å². The molecule has 0 saturated carbocycles. The van der Waals surface area contributed by atoms with E-state index in [4.69, 9.17) is 9.72 Å². The van der Waals surface area contributed by atoms with Crippen LogP contribution >= 0.6 is 0 Å². The Bertz CT molecular complexity index is 2370. The van der Waals surface area contributed by atoms with Crippen LogP contribution < -0.4 is 21.3 Å². The van der Waals surface area contributed by atoms with Gasteiger partial charge in [0.15, 0.2) is 28.9 Å². The third-order valence-corrected chi connectivity index (χ3v) is 10.9. The Morgan fingerprint density at radius 1 is 0.898 bits per heavy atom. The van der Waals surface area contributed by atoms with Crippen molar-refractivity contribution in [2.75, 3.05) is 38.2 Å². The smallest absolute Gasteiger partial charge is 0.257 e. The highest BCUT2D eigenvalue weighted by molar-refractivity contribution is 6.01. The number of aromatic nitrogens is 3. The first-order valence-corrected chi connectivity index (χ1v) is 19.9. The average molecular weight is 819 g/mol. The lowest BCUT2D eigenvalue weighted by atomic mass is 10.00. The number of ether oxygens (including phenoxy) is 1. The number of benzene rings is 3. The zero-order chi connectivity index (χ0) is 41.8. The van der Waals surface area contributed by atoms with Gasteiger partial charge in [-0.3, -0.25) is 14.5 Å². The van der Waals surface area contributed by atoms with E-state index < -0.39 is 52.0 Å². The van der Waals surface area contributed by atoms with E-state index in [1.165, 1.54) is 18.2 Å². The number of nitrogens with one attached hydrogen (secondary N) is 4. The molecule has 4 N–H and O–H groups in total. The maximum Gasteiger partial charge on any atom is 0.257 e. The Morgan fingerprint density at radius 2 is 1.63 bits per heavy atom. The van der Waals surface area contributed by atoms with Gasteiger partial charge < -0.3 is 26.0 Å². The number of carbonyl (C=O) groups excluding carboxylic acids is 2. The van der Waals surface area contributed by atoms with Crippen molar-refractivity contribution in [2.45, 2.75) is 78.3 Å². The number of hydrogen-bond donors (Lipinski definition) is 4. The number of carbonyl (C=O) groups is 2. The van der Waals surface area contributed by atoms with Crippen LogP contribution in [0.25, 0.3) is 22.2 Å². The maximum absolute atomic E-state index is 16.0. The van der Waals surface area contributed by atoms with E-state index in [0.717, 1.165) is 25.2 Å². The summed E-state index contributed by atoms with van der Waals surface area (Å²) in [7, 11) is 0. The topological polar surface area (TPSA) is 125 Å². The van der Waals surface area contributed by atoms with Gasteiger partial charge in [-0.25, -0.2) is 31.6 Å². The van der Waals surface area contributed by atoms with Crippen LogP contribution in [0.3, 0.4) is 0 Å². The molecule has 7 rings (SSSR count). The standard InChI is InChI=1S/C43H47F5N8O3/c1-4-33-30(40(53-28-11-15-59-16-12-28)31-21-52-56(5-2)41(31)54-33)20-51-43(58)35-36(45)34(37(46)39(48)38(35)47)42(57)50-19-25-9-10-32(44)29(18-25)27-8-6-7-26(17-27)23-55-14-13-49-24(3)22-55/h6-10,17-18,21,24,28,49H,4-5,11-16,19-20,22-23H2,1-3H3,(H,50,57)(H,51,58)(H,53,54)/t24-/m0/s1. The number of pyridine rings is 1. The van der Waals surface area contributed by atoms with Crippen molar-refractivity contribution in [1.82, 2.24) is 35.6 Å². The van der Waals surface area contributed by atoms with Crippen molar-refractivity contribution in [1.29, 1.82) is 0 Å². The zero-order valence-electron chi connectivity index (χ0n) is 33.2. The molecule has 16 heteroatoms. The molecule has 0 unspecified atom stereocenters. The van der Waals surface area contributed by atoms with E-state index in [0.29, 0.717) is 90.7 Å². The molecule has 2 fully saturated rings. The summed E-state index contributed by atoms with van der Waals surface area (Å²) >= 11 is 0. The Balaban J connectivity index is 1.10. The van der Waals surface area contributed by atoms with E-state index in [1.807, 2.05) is 32.0 Å². The SMILES string of the molecule is CCc1nc2c(cnn2CC)c(NC2CCOCC2)c1CNC(=O)c1c(F)c(F)c(F)c(C(=O)NCc2ccc(F)c(-c3cccc(CN4CCN[C@@H](C)C4)c3)c2)c1F. The molecule has 312 valence electrons. The van der Waals surface area contributed by atoms with Gasteiger partial charge in [0.25, 0.3) is 11.8 Å². The number of hydrogen-bond acceptors (Lipinski definition) is 8. The summed E-state index contributed by atoms with van der Waals surface area (Å²) in [6.45, 7) is 10.2. The number of fused-ring (bicyclic) bond motifs is 1. The molecule has 2 aromatic heterocycles. The van der Waals surface area contributed by atoms with E-state index in [-0.39, 0.29) is 24.7 Å².